The molecule has 2 N–H and O–H groups in total. The van der Waals surface area contributed by atoms with E-state index in [0.29, 0.717) is 12.4 Å². The summed E-state index contributed by atoms with van der Waals surface area (Å²) >= 11 is 0. The van der Waals surface area contributed by atoms with Gasteiger partial charge < -0.3 is 29.7 Å². The molecule has 0 aliphatic rings. The Hall–Kier alpha value is -1.99. The van der Waals surface area contributed by atoms with Crippen LogP contribution in [0.1, 0.15) is 13.3 Å². The molecule has 0 bridgehead atoms. The number of hydrogen-bond donors (Lipinski definition) is 2. The summed E-state index contributed by atoms with van der Waals surface area (Å²) < 4.78 is 16.0. The summed E-state index contributed by atoms with van der Waals surface area (Å²) in [5, 5.41) is 6.58. The van der Waals surface area contributed by atoms with Gasteiger partial charge in [-0.3, -0.25) is 4.99 Å². The van der Waals surface area contributed by atoms with Crippen molar-refractivity contribution in [1.29, 1.82) is 0 Å². The third kappa shape index (κ3) is 8.09. The molecule has 1 aromatic rings. The first kappa shape index (κ1) is 21.1. The second kappa shape index (κ2) is 12.4. The largest absolute Gasteiger partial charge is 0.493 e. The molecule has 0 radical (unpaired) electrons. The van der Waals surface area contributed by atoms with Crippen LogP contribution in [0.2, 0.25) is 0 Å². The van der Waals surface area contributed by atoms with Crippen molar-refractivity contribution in [2.24, 2.45) is 4.99 Å². The van der Waals surface area contributed by atoms with Gasteiger partial charge in [0.05, 0.1) is 20.3 Å². The molecule has 0 saturated heterocycles. The van der Waals surface area contributed by atoms with Crippen LogP contribution in [0.25, 0.3) is 0 Å². The maximum Gasteiger partial charge on any atom is 0.195 e. The number of nitrogens with one attached hydrogen (secondary N) is 2. The van der Waals surface area contributed by atoms with Gasteiger partial charge in [-0.25, -0.2) is 0 Å². The Kier molecular flexibility index (Phi) is 10.4. The van der Waals surface area contributed by atoms with Crippen molar-refractivity contribution in [2.45, 2.75) is 13.3 Å². The molecule has 7 nitrogen and oxygen atoms in total. The number of methoxy groups -OCH3 is 2. The normalized spacial score (nSPS) is 11.5. The molecule has 1 aromatic carbocycles. The lowest BCUT2D eigenvalue weighted by atomic mass is 10.2. The van der Waals surface area contributed by atoms with E-state index in [1.807, 2.05) is 25.1 Å². The second-order valence-corrected chi connectivity index (χ2v) is 5.57. The number of anilines is 1. The molecule has 0 atom stereocenters. The monoisotopic (exact) mass is 352 g/mol. The van der Waals surface area contributed by atoms with Gasteiger partial charge in [0, 0.05) is 39.0 Å². The molecule has 0 fully saturated rings. The molecular formula is C18H32N4O3. The first-order chi connectivity index (χ1) is 12.1. The smallest absolute Gasteiger partial charge is 0.195 e. The molecular weight excluding hydrogens is 320 g/mol. The van der Waals surface area contributed by atoms with Crippen LogP contribution in [-0.2, 0) is 4.74 Å². The summed E-state index contributed by atoms with van der Waals surface area (Å²) in [6.07, 6.45) is 1.02. The van der Waals surface area contributed by atoms with Crippen molar-refractivity contribution in [2.75, 3.05) is 66.5 Å². The molecule has 0 unspecified atom stereocenters. The molecule has 1 rings (SSSR count). The van der Waals surface area contributed by atoms with Crippen LogP contribution in [0.4, 0.5) is 5.69 Å². The highest BCUT2D eigenvalue weighted by Crippen LogP contribution is 2.30. The van der Waals surface area contributed by atoms with Gasteiger partial charge in [0.1, 0.15) is 0 Å². The molecule has 0 saturated carbocycles. The van der Waals surface area contributed by atoms with Gasteiger partial charge >= 0.3 is 0 Å². The number of guanidine groups is 1. The number of aliphatic imine (C=N–C) groups is 1. The quantitative estimate of drug-likeness (QED) is 0.361. The number of ether oxygens (including phenoxy) is 3. The lowest BCUT2D eigenvalue weighted by molar-refractivity contribution is 0.161. The minimum absolute atomic E-state index is 0.602. The maximum absolute atomic E-state index is 5.53. The van der Waals surface area contributed by atoms with Crippen LogP contribution in [-0.4, -0.2) is 72.0 Å². The van der Waals surface area contributed by atoms with Gasteiger partial charge in [-0.2, -0.15) is 0 Å². The number of rotatable bonds is 11. The Labute approximate surface area is 151 Å². The molecule has 7 heteroatoms. The molecule has 0 aliphatic heterocycles. The average Bonchev–Trinajstić information content (AvgIpc) is 2.63. The van der Waals surface area contributed by atoms with E-state index in [1.165, 1.54) is 0 Å². The second-order valence-electron chi connectivity index (χ2n) is 5.57. The summed E-state index contributed by atoms with van der Waals surface area (Å²) in [6.45, 7) is 6.09. The van der Waals surface area contributed by atoms with E-state index in [1.54, 1.807) is 21.3 Å². The van der Waals surface area contributed by atoms with Gasteiger partial charge in [-0.15, -0.1) is 0 Å². The third-order valence-electron chi connectivity index (χ3n) is 3.64. The highest BCUT2D eigenvalue weighted by atomic mass is 16.5. The van der Waals surface area contributed by atoms with E-state index in [9.17, 15) is 0 Å². The lowest BCUT2D eigenvalue weighted by Gasteiger charge is -2.17. The first-order valence-electron chi connectivity index (χ1n) is 8.60. The first-order valence-corrected chi connectivity index (χ1v) is 8.60. The molecule has 0 aliphatic carbocycles. The zero-order chi connectivity index (χ0) is 18.5. The van der Waals surface area contributed by atoms with E-state index >= 15 is 0 Å². The Bertz CT molecular complexity index is 523. The van der Waals surface area contributed by atoms with Crippen molar-refractivity contribution in [3.05, 3.63) is 18.2 Å². The standard InChI is InChI=1S/C18H32N4O3/c1-6-25-16-9-8-15(14-17(16)24-5)21-18(19-2)20-10-7-11-22(3)12-13-23-4/h8-9,14H,6-7,10-13H2,1-5H3,(H2,19,20,21). The van der Waals surface area contributed by atoms with Crippen molar-refractivity contribution in [3.8, 4) is 11.5 Å². The van der Waals surface area contributed by atoms with Gasteiger partial charge in [-0.1, -0.05) is 0 Å². The molecule has 25 heavy (non-hydrogen) atoms. The van der Waals surface area contributed by atoms with Gasteiger partial charge in [-0.05, 0) is 39.1 Å². The maximum atomic E-state index is 5.53. The van der Waals surface area contributed by atoms with Crippen molar-refractivity contribution < 1.29 is 14.2 Å². The predicted octanol–water partition coefficient (Wildman–Crippen LogP) is 2.05. The summed E-state index contributed by atoms with van der Waals surface area (Å²) in [7, 11) is 7.21. The highest BCUT2D eigenvalue weighted by molar-refractivity contribution is 5.93. The lowest BCUT2D eigenvalue weighted by Crippen LogP contribution is -2.33. The average molecular weight is 352 g/mol. The molecule has 0 spiro atoms. The predicted molar refractivity (Wildman–Crippen MR) is 103 cm³/mol. The fourth-order valence-electron chi connectivity index (χ4n) is 2.25. The Morgan fingerprint density at radius 3 is 2.64 bits per heavy atom. The molecule has 142 valence electrons. The zero-order valence-electron chi connectivity index (χ0n) is 16.1. The van der Waals surface area contributed by atoms with E-state index in [-0.39, 0.29) is 0 Å². The van der Waals surface area contributed by atoms with Crippen molar-refractivity contribution in [3.63, 3.8) is 0 Å². The van der Waals surface area contributed by atoms with Gasteiger partial charge in [0.2, 0.25) is 0 Å². The van der Waals surface area contributed by atoms with Crippen LogP contribution < -0.4 is 20.1 Å². The summed E-state index contributed by atoms with van der Waals surface area (Å²) in [5.41, 5.74) is 0.894. The minimum atomic E-state index is 0.602. The topological polar surface area (TPSA) is 67.4 Å². The Balaban J connectivity index is 2.45. The molecule has 0 amide bonds. The summed E-state index contributed by atoms with van der Waals surface area (Å²) in [6, 6.07) is 5.73. The van der Waals surface area contributed by atoms with Crippen molar-refractivity contribution >= 4 is 11.6 Å². The van der Waals surface area contributed by atoms with Gasteiger partial charge in [0.15, 0.2) is 17.5 Å². The van der Waals surface area contributed by atoms with E-state index < -0.39 is 0 Å². The third-order valence-corrected chi connectivity index (χ3v) is 3.64. The fraction of sp³-hybridized carbons (Fsp3) is 0.611. The van der Waals surface area contributed by atoms with E-state index in [4.69, 9.17) is 14.2 Å². The minimum Gasteiger partial charge on any atom is -0.493 e. The van der Waals surface area contributed by atoms with Crippen LogP contribution >= 0.6 is 0 Å². The number of hydrogen-bond acceptors (Lipinski definition) is 5. The van der Waals surface area contributed by atoms with Crippen LogP contribution in [0.5, 0.6) is 11.5 Å². The van der Waals surface area contributed by atoms with Crippen LogP contribution in [0.3, 0.4) is 0 Å². The zero-order valence-corrected chi connectivity index (χ0v) is 16.1. The Morgan fingerprint density at radius 2 is 2.00 bits per heavy atom. The SMILES string of the molecule is CCOc1ccc(NC(=NC)NCCCN(C)CCOC)cc1OC. The van der Waals surface area contributed by atoms with Crippen molar-refractivity contribution in [1.82, 2.24) is 10.2 Å². The number of likely N-dealkylation sites (N-methyl/N-ethyl adjacent to an activating group) is 1. The van der Waals surface area contributed by atoms with Crippen LogP contribution in [0, 0.1) is 0 Å². The van der Waals surface area contributed by atoms with E-state index in [2.05, 4.69) is 27.6 Å². The number of benzene rings is 1. The fourth-order valence-corrected chi connectivity index (χ4v) is 2.25. The van der Waals surface area contributed by atoms with Gasteiger partial charge in [0.25, 0.3) is 0 Å². The highest BCUT2D eigenvalue weighted by Gasteiger charge is 2.07. The molecule has 0 heterocycles. The van der Waals surface area contributed by atoms with Crippen LogP contribution in [0.15, 0.2) is 23.2 Å². The summed E-state index contributed by atoms with van der Waals surface area (Å²) in [5.74, 6) is 2.16. The van der Waals surface area contributed by atoms with E-state index in [0.717, 1.165) is 50.1 Å². The summed E-state index contributed by atoms with van der Waals surface area (Å²) in [4.78, 5) is 6.50. The molecule has 0 aromatic heterocycles. The Morgan fingerprint density at radius 1 is 1.20 bits per heavy atom. The number of nitrogens with zero attached hydrogens (tertiary/aromatic N) is 2.